The van der Waals surface area contributed by atoms with Gasteiger partial charge in [-0.05, 0) is 12.1 Å². The topological polar surface area (TPSA) is 79.6 Å². The first kappa shape index (κ1) is 11.5. The summed E-state index contributed by atoms with van der Waals surface area (Å²) in [5.41, 5.74) is 1.82. The minimum Gasteiger partial charge on any atom is -0.421 e. The quantitative estimate of drug-likeness (QED) is 0.748. The molecule has 0 fully saturated rings. The maximum absolute atomic E-state index is 5.46. The summed E-state index contributed by atoms with van der Waals surface area (Å²) in [6.07, 6.45) is 3.52. The van der Waals surface area contributed by atoms with Gasteiger partial charge in [-0.2, -0.15) is 0 Å². The number of anilines is 1. The lowest BCUT2D eigenvalue weighted by Crippen LogP contribution is -2.02. The van der Waals surface area contributed by atoms with Crippen LogP contribution in [0.25, 0.3) is 11.5 Å². The van der Waals surface area contributed by atoms with Gasteiger partial charge in [0.1, 0.15) is 5.82 Å². The number of aromatic nitrogens is 4. The summed E-state index contributed by atoms with van der Waals surface area (Å²) in [6.45, 7) is 2.38. The second-order valence-electron chi connectivity index (χ2n) is 4.06. The van der Waals surface area contributed by atoms with Gasteiger partial charge in [0.25, 0.3) is 0 Å². The minimum absolute atomic E-state index is 0.514. The average molecular weight is 255 g/mol. The molecule has 0 unspecified atom stereocenters. The fourth-order valence-corrected chi connectivity index (χ4v) is 1.80. The molecule has 3 rings (SSSR count). The minimum atomic E-state index is 0.514. The number of rotatable bonds is 4. The first-order valence-electron chi connectivity index (χ1n) is 5.94. The Kier molecular flexibility index (Phi) is 2.97. The van der Waals surface area contributed by atoms with Gasteiger partial charge in [0.05, 0.1) is 12.1 Å². The predicted molar refractivity (Wildman–Crippen MR) is 70.4 cm³/mol. The lowest BCUT2D eigenvalue weighted by atomic mass is 10.2. The number of aromatic amines is 1. The number of para-hydroxylation sites is 1. The maximum Gasteiger partial charge on any atom is 0.249 e. The van der Waals surface area contributed by atoms with E-state index in [0.717, 1.165) is 17.1 Å². The first-order chi connectivity index (χ1) is 9.33. The third kappa shape index (κ3) is 2.47. The summed E-state index contributed by atoms with van der Waals surface area (Å²) in [6, 6.07) is 7.80. The molecule has 0 aliphatic heterocycles. The van der Waals surface area contributed by atoms with Gasteiger partial charge in [0.15, 0.2) is 0 Å². The van der Waals surface area contributed by atoms with Crippen molar-refractivity contribution >= 4 is 5.69 Å². The van der Waals surface area contributed by atoms with E-state index >= 15 is 0 Å². The van der Waals surface area contributed by atoms with Crippen LogP contribution in [0, 0.1) is 6.92 Å². The van der Waals surface area contributed by atoms with E-state index in [1.165, 1.54) is 0 Å². The van der Waals surface area contributed by atoms with E-state index in [2.05, 4.69) is 25.5 Å². The van der Waals surface area contributed by atoms with Gasteiger partial charge in [-0.1, -0.05) is 12.1 Å². The van der Waals surface area contributed by atoms with Crippen molar-refractivity contribution in [1.82, 2.24) is 20.2 Å². The van der Waals surface area contributed by atoms with Crippen LogP contribution in [0.5, 0.6) is 0 Å². The Morgan fingerprint density at radius 2 is 2.16 bits per heavy atom. The average Bonchev–Trinajstić information content (AvgIpc) is 3.08. The van der Waals surface area contributed by atoms with Gasteiger partial charge < -0.3 is 14.7 Å². The highest BCUT2D eigenvalue weighted by Gasteiger charge is 2.10. The molecular formula is C13H13N5O. The van der Waals surface area contributed by atoms with E-state index in [-0.39, 0.29) is 0 Å². The van der Waals surface area contributed by atoms with Gasteiger partial charge in [0.2, 0.25) is 11.8 Å². The van der Waals surface area contributed by atoms with Crippen molar-refractivity contribution in [3.8, 4) is 11.5 Å². The van der Waals surface area contributed by atoms with E-state index in [9.17, 15) is 0 Å². The molecule has 0 bridgehead atoms. The lowest BCUT2D eigenvalue weighted by molar-refractivity contribution is 0.533. The Bertz CT molecular complexity index is 659. The fourth-order valence-electron chi connectivity index (χ4n) is 1.80. The van der Waals surface area contributed by atoms with Crippen molar-refractivity contribution in [2.75, 3.05) is 5.32 Å². The van der Waals surface area contributed by atoms with Crippen LogP contribution in [0.4, 0.5) is 5.69 Å². The van der Waals surface area contributed by atoms with E-state index < -0.39 is 0 Å². The number of H-pyrrole nitrogens is 1. The molecule has 0 atom stereocenters. The number of benzene rings is 1. The zero-order valence-electron chi connectivity index (χ0n) is 10.4. The molecule has 2 N–H and O–H groups in total. The van der Waals surface area contributed by atoms with Crippen LogP contribution in [0.2, 0.25) is 0 Å². The molecular weight excluding hydrogens is 242 g/mol. The van der Waals surface area contributed by atoms with Crippen molar-refractivity contribution in [3.63, 3.8) is 0 Å². The summed E-state index contributed by atoms with van der Waals surface area (Å²) >= 11 is 0. The predicted octanol–water partition coefficient (Wildman–Crippen LogP) is 2.38. The van der Waals surface area contributed by atoms with Gasteiger partial charge in [-0.3, -0.25) is 0 Å². The van der Waals surface area contributed by atoms with Gasteiger partial charge >= 0.3 is 0 Å². The van der Waals surface area contributed by atoms with Gasteiger partial charge in [0, 0.05) is 25.0 Å². The van der Waals surface area contributed by atoms with Crippen LogP contribution < -0.4 is 5.32 Å². The molecule has 0 aliphatic rings. The number of nitrogens with one attached hydrogen (secondary N) is 2. The molecule has 0 saturated carbocycles. The molecule has 6 nitrogen and oxygen atoms in total. The lowest BCUT2D eigenvalue weighted by Gasteiger charge is -2.08. The molecule has 19 heavy (non-hydrogen) atoms. The number of nitrogens with zero attached hydrogens (tertiary/aromatic N) is 3. The van der Waals surface area contributed by atoms with E-state index in [4.69, 9.17) is 4.42 Å². The van der Waals surface area contributed by atoms with Crippen LogP contribution in [0.15, 0.2) is 41.1 Å². The Labute approximate surface area is 109 Å². The normalized spacial score (nSPS) is 10.6. The van der Waals surface area contributed by atoms with Crippen LogP contribution in [-0.2, 0) is 6.54 Å². The molecule has 96 valence electrons. The van der Waals surface area contributed by atoms with Crippen LogP contribution in [-0.4, -0.2) is 20.2 Å². The van der Waals surface area contributed by atoms with Crippen molar-refractivity contribution < 1.29 is 4.42 Å². The molecule has 0 saturated heterocycles. The standard InChI is InChI=1S/C13H13N5O/c1-9-17-18-13(19-9)10-4-2-3-5-11(10)16-8-12-14-6-7-15-12/h2-7,16H,8H2,1H3,(H,14,15). The van der Waals surface area contributed by atoms with Crippen LogP contribution in [0.3, 0.4) is 0 Å². The molecule has 0 amide bonds. The SMILES string of the molecule is Cc1nnc(-c2ccccc2NCc2ncc[nH]2)o1. The van der Waals surface area contributed by atoms with E-state index in [1.807, 2.05) is 24.3 Å². The summed E-state index contributed by atoms with van der Waals surface area (Å²) < 4.78 is 5.46. The molecule has 3 aromatic rings. The highest BCUT2D eigenvalue weighted by Crippen LogP contribution is 2.26. The van der Waals surface area contributed by atoms with Crippen molar-refractivity contribution in [3.05, 3.63) is 48.4 Å². The van der Waals surface area contributed by atoms with Crippen molar-refractivity contribution in [1.29, 1.82) is 0 Å². The first-order valence-corrected chi connectivity index (χ1v) is 5.94. The number of aryl methyl sites for hydroxylation is 1. The van der Waals surface area contributed by atoms with Gasteiger partial charge in [-0.25, -0.2) is 4.98 Å². The molecule has 0 spiro atoms. The van der Waals surface area contributed by atoms with E-state index in [1.54, 1.807) is 19.3 Å². The Morgan fingerprint density at radius 1 is 1.26 bits per heavy atom. The molecule has 2 aromatic heterocycles. The summed E-state index contributed by atoms with van der Waals surface area (Å²) in [5.74, 6) is 1.94. The second-order valence-corrected chi connectivity index (χ2v) is 4.06. The molecule has 0 radical (unpaired) electrons. The molecule has 6 heteroatoms. The Hall–Kier alpha value is -2.63. The largest absolute Gasteiger partial charge is 0.421 e. The number of hydrogen-bond donors (Lipinski definition) is 2. The molecule has 0 aliphatic carbocycles. The third-order valence-corrected chi connectivity index (χ3v) is 2.68. The Morgan fingerprint density at radius 3 is 2.89 bits per heavy atom. The number of hydrogen-bond acceptors (Lipinski definition) is 5. The van der Waals surface area contributed by atoms with Crippen molar-refractivity contribution in [2.24, 2.45) is 0 Å². The zero-order valence-corrected chi connectivity index (χ0v) is 10.4. The van der Waals surface area contributed by atoms with Crippen LogP contribution in [0.1, 0.15) is 11.7 Å². The zero-order chi connectivity index (χ0) is 13.1. The van der Waals surface area contributed by atoms with Crippen LogP contribution >= 0.6 is 0 Å². The fraction of sp³-hybridized carbons (Fsp3) is 0.154. The second kappa shape index (κ2) is 4.93. The maximum atomic E-state index is 5.46. The third-order valence-electron chi connectivity index (χ3n) is 2.68. The highest BCUT2D eigenvalue weighted by molar-refractivity contribution is 5.72. The molecule has 1 aromatic carbocycles. The van der Waals surface area contributed by atoms with Crippen molar-refractivity contribution in [2.45, 2.75) is 13.5 Å². The molecule has 2 heterocycles. The summed E-state index contributed by atoms with van der Waals surface area (Å²) in [5, 5.41) is 11.2. The summed E-state index contributed by atoms with van der Waals surface area (Å²) in [7, 11) is 0. The number of imidazole rings is 1. The summed E-state index contributed by atoms with van der Waals surface area (Å²) in [4.78, 5) is 7.21. The highest BCUT2D eigenvalue weighted by atomic mass is 16.4. The van der Waals surface area contributed by atoms with E-state index in [0.29, 0.717) is 18.3 Å². The van der Waals surface area contributed by atoms with Gasteiger partial charge in [-0.15, -0.1) is 10.2 Å². The Balaban J connectivity index is 1.85. The monoisotopic (exact) mass is 255 g/mol. The smallest absolute Gasteiger partial charge is 0.249 e.